The lowest BCUT2D eigenvalue weighted by Gasteiger charge is -2.41. The summed E-state index contributed by atoms with van der Waals surface area (Å²) in [5, 5.41) is 15.8. The molecule has 10 heteroatoms. The molecule has 0 saturated heterocycles. The van der Waals surface area contributed by atoms with Gasteiger partial charge in [0.1, 0.15) is 12.6 Å². The molecule has 1 fully saturated rings. The Kier molecular flexibility index (Phi) is 8.69. The topological polar surface area (TPSA) is 111 Å². The van der Waals surface area contributed by atoms with E-state index in [4.69, 9.17) is 9.47 Å². The van der Waals surface area contributed by atoms with Gasteiger partial charge in [-0.15, -0.1) is 10.2 Å². The molecule has 192 valence electrons. The first-order valence-electron chi connectivity index (χ1n) is 12.3. The average molecular weight is 487 g/mol. The number of carbonyl (C=O) groups excluding carboxylic acids is 2. The Morgan fingerprint density at radius 1 is 1.17 bits per heavy atom. The van der Waals surface area contributed by atoms with Crippen LogP contribution in [0.25, 0.3) is 11.4 Å². The van der Waals surface area contributed by atoms with Crippen molar-refractivity contribution in [3.05, 3.63) is 18.2 Å². The zero-order valence-corrected chi connectivity index (χ0v) is 21.7. The second kappa shape index (κ2) is 11.5. The maximum Gasteiger partial charge on any atom is 0.247 e. The molecule has 1 aromatic carbocycles. The summed E-state index contributed by atoms with van der Waals surface area (Å²) in [6, 6.07) is 4.96. The molecule has 1 atom stereocenters. The lowest BCUT2D eigenvalue weighted by atomic mass is 9.98. The average Bonchev–Trinajstić information content (AvgIpc) is 3.49. The van der Waals surface area contributed by atoms with E-state index in [9.17, 15) is 9.59 Å². The summed E-state index contributed by atoms with van der Waals surface area (Å²) in [6.07, 6.45) is 5.62. The fourth-order valence-electron chi connectivity index (χ4n) is 4.63. The smallest absolute Gasteiger partial charge is 0.247 e. The van der Waals surface area contributed by atoms with Crippen molar-refractivity contribution in [1.29, 1.82) is 0 Å². The number of nitrogens with zero attached hydrogens (tertiary/aromatic N) is 5. The van der Waals surface area contributed by atoms with E-state index in [0.29, 0.717) is 29.3 Å². The monoisotopic (exact) mass is 486 g/mol. The molecule has 2 aromatic rings. The predicted octanol–water partition coefficient (Wildman–Crippen LogP) is 3.21. The molecule has 1 aliphatic rings. The Morgan fingerprint density at radius 2 is 1.86 bits per heavy atom. The SMILES string of the molecule is CCCC(C(=O)NC1CCCC1)N(C(=O)Cn1nnc(-c2ccc(OC)c(OC)c2)n1)C(C)(C)C. The van der Waals surface area contributed by atoms with Gasteiger partial charge in [0.25, 0.3) is 0 Å². The molecule has 2 amide bonds. The normalized spacial score (nSPS) is 15.0. The largest absolute Gasteiger partial charge is 0.493 e. The molecule has 1 heterocycles. The number of rotatable bonds is 10. The van der Waals surface area contributed by atoms with Crippen molar-refractivity contribution in [2.75, 3.05) is 14.2 Å². The third-order valence-electron chi connectivity index (χ3n) is 6.24. The highest BCUT2D eigenvalue weighted by atomic mass is 16.5. The summed E-state index contributed by atoms with van der Waals surface area (Å²) in [4.78, 5) is 29.7. The van der Waals surface area contributed by atoms with Crippen LogP contribution in [0.15, 0.2) is 18.2 Å². The second-order valence-electron chi connectivity index (χ2n) is 9.94. The van der Waals surface area contributed by atoms with E-state index in [1.54, 1.807) is 37.3 Å². The van der Waals surface area contributed by atoms with Crippen LogP contribution in [0.4, 0.5) is 0 Å². The first kappa shape index (κ1) is 26.4. The highest BCUT2D eigenvalue weighted by Crippen LogP contribution is 2.31. The van der Waals surface area contributed by atoms with Crippen molar-refractivity contribution in [2.24, 2.45) is 0 Å². The second-order valence-corrected chi connectivity index (χ2v) is 9.94. The number of benzene rings is 1. The lowest BCUT2D eigenvalue weighted by Crippen LogP contribution is -2.58. The minimum atomic E-state index is -0.559. The van der Waals surface area contributed by atoms with Crippen LogP contribution in [0.1, 0.15) is 66.2 Å². The highest BCUT2D eigenvalue weighted by Gasteiger charge is 2.38. The van der Waals surface area contributed by atoms with E-state index in [1.165, 1.54) is 4.80 Å². The van der Waals surface area contributed by atoms with Crippen molar-refractivity contribution >= 4 is 11.8 Å². The zero-order valence-electron chi connectivity index (χ0n) is 21.7. The summed E-state index contributed by atoms with van der Waals surface area (Å²) < 4.78 is 10.6. The first-order valence-corrected chi connectivity index (χ1v) is 12.3. The summed E-state index contributed by atoms with van der Waals surface area (Å²) in [5.74, 6) is 1.20. The van der Waals surface area contributed by atoms with Gasteiger partial charge in [-0.25, -0.2) is 0 Å². The first-order chi connectivity index (χ1) is 16.7. The maximum absolute atomic E-state index is 13.5. The Hall–Kier alpha value is -3.17. The van der Waals surface area contributed by atoms with Crippen LogP contribution in [-0.4, -0.2) is 68.8 Å². The fraction of sp³-hybridized carbons (Fsp3) is 0.640. The number of hydrogen-bond acceptors (Lipinski definition) is 7. The van der Waals surface area contributed by atoms with Crippen molar-refractivity contribution in [3.8, 4) is 22.9 Å². The molecule has 1 N–H and O–H groups in total. The van der Waals surface area contributed by atoms with Crippen LogP contribution in [0.2, 0.25) is 0 Å². The van der Waals surface area contributed by atoms with Gasteiger partial charge >= 0.3 is 0 Å². The Balaban J connectivity index is 1.79. The number of hydrogen-bond donors (Lipinski definition) is 1. The molecule has 35 heavy (non-hydrogen) atoms. The molecule has 0 bridgehead atoms. The number of nitrogens with one attached hydrogen (secondary N) is 1. The van der Waals surface area contributed by atoms with Crippen LogP contribution in [-0.2, 0) is 16.1 Å². The number of amides is 2. The van der Waals surface area contributed by atoms with E-state index >= 15 is 0 Å². The summed E-state index contributed by atoms with van der Waals surface area (Å²) in [5.41, 5.74) is 0.130. The Labute approximate surface area is 207 Å². The predicted molar refractivity (Wildman–Crippen MR) is 132 cm³/mol. The molecular formula is C25H38N6O4. The molecule has 1 aliphatic carbocycles. The molecular weight excluding hydrogens is 448 g/mol. The van der Waals surface area contributed by atoms with Crippen molar-refractivity contribution in [3.63, 3.8) is 0 Å². The van der Waals surface area contributed by atoms with E-state index in [1.807, 2.05) is 27.7 Å². The minimum absolute atomic E-state index is 0.0837. The summed E-state index contributed by atoms with van der Waals surface area (Å²) in [6.45, 7) is 7.74. The quantitative estimate of drug-likeness (QED) is 0.549. The van der Waals surface area contributed by atoms with Crippen molar-refractivity contribution < 1.29 is 19.1 Å². The van der Waals surface area contributed by atoms with Gasteiger partial charge in [0.15, 0.2) is 11.5 Å². The summed E-state index contributed by atoms with van der Waals surface area (Å²) in [7, 11) is 3.12. The number of ether oxygens (including phenoxy) is 2. The standard InChI is InChI=1S/C25H38N6O4/c1-7-10-19(24(33)26-18-11-8-9-12-18)31(25(2,3)4)22(32)16-30-28-23(27-29-30)17-13-14-20(34-5)21(15-17)35-6/h13-15,18-19H,7-12,16H2,1-6H3,(H,26,33). The van der Waals surface area contributed by atoms with Crippen LogP contribution in [0.5, 0.6) is 11.5 Å². The van der Waals surface area contributed by atoms with Crippen LogP contribution in [0.3, 0.4) is 0 Å². The number of tetrazole rings is 1. The Morgan fingerprint density at radius 3 is 2.46 bits per heavy atom. The minimum Gasteiger partial charge on any atom is -0.493 e. The van der Waals surface area contributed by atoms with Gasteiger partial charge in [0, 0.05) is 17.1 Å². The maximum atomic E-state index is 13.5. The Bertz CT molecular complexity index is 1010. The summed E-state index contributed by atoms with van der Waals surface area (Å²) >= 11 is 0. The van der Waals surface area contributed by atoms with Crippen molar-refractivity contribution in [1.82, 2.24) is 30.4 Å². The fourth-order valence-corrected chi connectivity index (χ4v) is 4.63. The molecule has 0 radical (unpaired) electrons. The zero-order chi connectivity index (χ0) is 25.6. The van der Waals surface area contributed by atoms with E-state index in [0.717, 1.165) is 32.1 Å². The van der Waals surface area contributed by atoms with Gasteiger partial charge in [-0.2, -0.15) is 4.80 Å². The number of methoxy groups -OCH3 is 2. The highest BCUT2D eigenvalue weighted by molar-refractivity contribution is 5.88. The van der Waals surface area contributed by atoms with Gasteiger partial charge in [0.2, 0.25) is 17.6 Å². The van der Waals surface area contributed by atoms with E-state index < -0.39 is 11.6 Å². The van der Waals surface area contributed by atoms with Gasteiger partial charge < -0.3 is 19.7 Å². The number of aromatic nitrogens is 4. The van der Waals surface area contributed by atoms with Crippen LogP contribution < -0.4 is 14.8 Å². The molecule has 3 rings (SSSR count). The van der Waals surface area contributed by atoms with Gasteiger partial charge in [-0.1, -0.05) is 26.2 Å². The van der Waals surface area contributed by atoms with Gasteiger partial charge in [-0.05, 0) is 63.4 Å². The van der Waals surface area contributed by atoms with Gasteiger partial charge in [-0.3, -0.25) is 9.59 Å². The number of carbonyl (C=O) groups is 2. The third kappa shape index (κ3) is 6.49. The molecule has 0 aliphatic heterocycles. The van der Waals surface area contributed by atoms with Crippen molar-refractivity contribution in [2.45, 2.75) is 90.4 Å². The third-order valence-corrected chi connectivity index (χ3v) is 6.24. The molecule has 1 saturated carbocycles. The van der Waals surface area contributed by atoms with Crippen LogP contribution >= 0.6 is 0 Å². The molecule has 1 unspecified atom stereocenters. The van der Waals surface area contributed by atoms with Crippen LogP contribution in [0, 0.1) is 0 Å². The molecule has 1 aromatic heterocycles. The van der Waals surface area contributed by atoms with E-state index in [-0.39, 0.29) is 24.4 Å². The molecule has 10 nitrogen and oxygen atoms in total. The molecule has 0 spiro atoms. The van der Waals surface area contributed by atoms with E-state index in [2.05, 4.69) is 20.7 Å². The lowest BCUT2D eigenvalue weighted by molar-refractivity contribution is -0.147. The van der Waals surface area contributed by atoms with Gasteiger partial charge in [0.05, 0.1) is 14.2 Å².